The summed E-state index contributed by atoms with van der Waals surface area (Å²) in [6, 6.07) is 19.9. The van der Waals surface area contributed by atoms with Crippen LogP contribution < -0.4 is 5.73 Å². The van der Waals surface area contributed by atoms with Crippen LogP contribution in [0, 0.1) is 5.41 Å². The van der Waals surface area contributed by atoms with Crippen LogP contribution in [0.3, 0.4) is 0 Å². The van der Waals surface area contributed by atoms with Gasteiger partial charge in [-0.05, 0) is 28.3 Å². The Morgan fingerprint density at radius 1 is 0.844 bits per heavy atom. The van der Waals surface area contributed by atoms with Crippen molar-refractivity contribution in [3.05, 3.63) is 95.1 Å². The van der Waals surface area contributed by atoms with Crippen molar-refractivity contribution >= 4 is 29.9 Å². The molecule has 3 aromatic rings. The lowest BCUT2D eigenvalue weighted by Crippen LogP contribution is -2.28. The van der Waals surface area contributed by atoms with E-state index in [1.54, 1.807) is 72.8 Å². The lowest BCUT2D eigenvalue weighted by atomic mass is 9.95. The Morgan fingerprint density at radius 3 is 2.06 bits per heavy atom. The van der Waals surface area contributed by atoms with Crippen LogP contribution in [0.1, 0.15) is 27.0 Å². The highest BCUT2D eigenvalue weighted by atomic mass is 19.4. The van der Waals surface area contributed by atoms with E-state index in [2.05, 4.69) is 4.74 Å². The van der Waals surface area contributed by atoms with Crippen molar-refractivity contribution < 1.29 is 27.5 Å². The average Bonchev–Trinajstić information content (AvgIpc) is 2.77. The molecule has 0 unspecified atom stereocenters. The maximum Gasteiger partial charge on any atom is 0.491 e. The summed E-state index contributed by atoms with van der Waals surface area (Å²) in [7, 11) is 0. The first-order valence-corrected chi connectivity index (χ1v) is 9.31. The zero-order chi connectivity index (χ0) is 23.3. The van der Waals surface area contributed by atoms with Crippen LogP contribution in [0.5, 0.6) is 0 Å². The molecule has 0 fully saturated rings. The first-order valence-electron chi connectivity index (χ1n) is 9.31. The van der Waals surface area contributed by atoms with Crippen LogP contribution in [0.25, 0.3) is 23.3 Å². The number of halogens is 3. The normalized spacial score (nSPS) is 11.3. The second-order valence-electron chi connectivity index (χ2n) is 6.68. The predicted molar refractivity (Wildman–Crippen MR) is 115 cm³/mol. The van der Waals surface area contributed by atoms with Gasteiger partial charge in [-0.25, -0.2) is 9.59 Å². The molecule has 0 heterocycles. The topological polar surface area (TPSA) is 93.2 Å². The van der Waals surface area contributed by atoms with E-state index < -0.39 is 18.1 Å². The van der Waals surface area contributed by atoms with E-state index in [9.17, 15) is 22.8 Å². The van der Waals surface area contributed by atoms with Gasteiger partial charge in [0, 0.05) is 5.56 Å². The fourth-order valence-electron chi connectivity index (χ4n) is 2.94. The number of esters is 2. The molecular weight excluding hydrogens is 421 g/mol. The van der Waals surface area contributed by atoms with Crippen molar-refractivity contribution in [2.75, 3.05) is 0 Å². The summed E-state index contributed by atoms with van der Waals surface area (Å²) in [5.41, 5.74) is 8.26. The van der Waals surface area contributed by atoms with Crippen molar-refractivity contribution in [1.29, 1.82) is 5.41 Å². The number of hydrogen-bond donors (Lipinski definition) is 2. The molecule has 0 atom stereocenters. The predicted octanol–water partition coefficient (Wildman–Crippen LogP) is 5.05. The Bertz CT molecular complexity index is 1200. The number of ether oxygens (including phenoxy) is 1. The number of hydrogen-bond acceptors (Lipinski definition) is 4. The van der Waals surface area contributed by atoms with E-state index in [4.69, 9.17) is 11.1 Å². The van der Waals surface area contributed by atoms with Gasteiger partial charge in [0.2, 0.25) is 0 Å². The van der Waals surface area contributed by atoms with Gasteiger partial charge < -0.3 is 10.5 Å². The van der Waals surface area contributed by atoms with Crippen LogP contribution in [-0.2, 0) is 9.53 Å². The Morgan fingerprint density at radius 2 is 1.44 bits per heavy atom. The minimum atomic E-state index is -5.27. The number of amidine groups is 1. The molecule has 0 saturated heterocycles. The van der Waals surface area contributed by atoms with Gasteiger partial charge in [0.25, 0.3) is 0 Å². The van der Waals surface area contributed by atoms with Gasteiger partial charge in [-0.15, -0.1) is 0 Å². The van der Waals surface area contributed by atoms with E-state index in [1.807, 2.05) is 0 Å². The van der Waals surface area contributed by atoms with Gasteiger partial charge in [0.05, 0.1) is 5.56 Å². The van der Waals surface area contributed by atoms with E-state index in [1.165, 1.54) is 12.1 Å². The summed E-state index contributed by atoms with van der Waals surface area (Å²) < 4.78 is 41.5. The first kappa shape index (κ1) is 22.5. The highest BCUT2D eigenvalue weighted by molar-refractivity contribution is 6.03. The number of nitrogens with two attached hydrogens (primary N) is 1. The molecule has 0 aliphatic heterocycles. The quantitative estimate of drug-likeness (QED) is 0.192. The summed E-state index contributed by atoms with van der Waals surface area (Å²) in [6.45, 7) is 0. The second-order valence-corrected chi connectivity index (χ2v) is 6.68. The third kappa shape index (κ3) is 5.28. The van der Waals surface area contributed by atoms with Crippen molar-refractivity contribution in [2.45, 2.75) is 6.18 Å². The monoisotopic (exact) mass is 438 g/mol. The van der Waals surface area contributed by atoms with Crippen LogP contribution in [0.15, 0.2) is 72.8 Å². The Kier molecular flexibility index (Phi) is 6.53. The molecule has 8 heteroatoms. The standard InChI is InChI=1S/C24H17F3N2O3/c25-24(26,27)23(31)32-22(30)20-8-4-3-7-19(20)18-6-2-1-5-16(18)12-9-15-10-13-17(14-11-15)21(28)29/h1-14H,(H3,28,29)/b12-9+. The van der Waals surface area contributed by atoms with Crippen LogP contribution in [0.4, 0.5) is 13.2 Å². The molecule has 3 rings (SSSR count). The molecular formula is C24H17F3N2O3. The molecule has 3 N–H and O–H groups in total. The highest BCUT2D eigenvalue weighted by Gasteiger charge is 2.42. The van der Waals surface area contributed by atoms with Crippen molar-refractivity contribution in [3.8, 4) is 11.1 Å². The van der Waals surface area contributed by atoms with Crippen LogP contribution in [-0.4, -0.2) is 24.0 Å². The summed E-state index contributed by atoms with van der Waals surface area (Å²) in [5.74, 6) is -4.00. The van der Waals surface area contributed by atoms with Crippen LogP contribution in [0.2, 0.25) is 0 Å². The van der Waals surface area contributed by atoms with Crippen molar-refractivity contribution in [3.63, 3.8) is 0 Å². The number of benzene rings is 3. The summed E-state index contributed by atoms with van der Waals surface area (Å²) in [4.78, 5) is 23.4. The zero-order valence-electron chi connectivity index (χ0n) is 16.5. The summed E-state index contributed by atoms with van der Waals surface area (Å²) in [6.07, 6.45) is -1.69. The number of nitrogens with one attached hydrogen (secondary N) is 1. The van der Waals surface area contributed by atoms with Gasteiger partial charge in [-0.2, -0.15) is 13.2 Å². The lowest BCUT2D eigenvalue weighted by molar-refractivity contribution is -0.193. The van der Waals surface area contributed by atoms with Gasteiger partial charge in [0.15, 0.2) is 0 Å². The third-order valence-corrected chi connectivity index (χ3v) is 4.49. The Balaban J connectivity index is 1.94. The SMILES string of the molecule is N=C(N)c1ccc(/C=C/c2ccccc2-c2ccccc2C(=O)OC(=O)C(F)(F)F)cc1. The molecule has 162 valence electrons. The molecule has 0 aliphatic carbocycles. The van der Waals surface area contributed by atoms with Gasteiger partial charge >= 0.3 is 18.1 Å². The smallest absolute Gasteiger partial charge is 0.384 e. The molecule has 0 aromatic heterocycles. The number of nitrogen functional groups attached to an aromatic ring is 1. The fraction of sp³-hybridized carbons (Fsp3) is 0.0417. The summed E-state index contributed by atoms with van der Waals surface area (Å²) >= 11 is 0. The van der Waals surface area contributed by atoms with Gasteiger partial charge in [0.1, 0.15) is 5.84 Å². The maximum absolute atomic E-state index is 12.5. The van der Waals surface area contributed by atoms with E-state index in [0.29, 0.717) is 22.3 Å². The maximum atomic E-state index is 12.5. The largest absolute Gasteiger partial charge is 0.491 e. The molecule has 5 nitrogen and oxygen atoms in total. The average molecular weight is 438 g/mol. The first-order chi connectivity index (χ1) is 15.2. The van der Waals surface area contributed by atoms with Gasteiger partial charge in [-0.3, -0.25) is 5.41 Å². The molecule has 32 heavy (non-hydrogen) atoms. The number of alkyl halides is 3. The molecule has 0 spiro atoms. The molecule has 0 aliphatic rings. The number of carbonyl (C=O) groups excluding carboxylic acids is 2. The van der Waals surface area contributed by atoms with Crippen LogP contribution >= 0.6 is 0 Å². The highest BCUT2D eigenvalue weighted by Crippen LogP contribution is 2.29. The molecule has 0 amide bonds. The number of rotatable bonds is 5. The lowest BCUT2D eigenvalue weighted by Gasteiger charge is -2.12. The minimum absolute atomic E-state index is 0.0432. The Hall–Kier alpha value is -4.20. The van der Waals surface area contributed by atoms with E-state index >= 15 is 0 Å². The molecule has 0 bridgehead atoms. The summed E-state index contributed by atoms with van der Waals surface area (Å²) in [5, 5.41) is 7.44. The minimum Gasteiger partial charge on any atom is -0.384 e. The second kappa shape index (κ2) is 9.30. The van der Waals surface area contributed by atoms with Crippen molar-refractivity contribution in [2.24, 2.45) is 5.73 Å². The number of carbonyl (C=O) groups is 2. The molecule has 0 saturated carbocycles. The zero-order valence-corrected chi connectivity index (χ0v) is 16.5. The van der Waals surface area contributed by atoms with Gasteiger partial charge in [-0.1, -0.05) is 78.9 Å². The molecule has 3 aromatic carbocycles. The Labute approximate surface area is 181 Å². The third-order valence-electron chi connectivity index (χ3n) is 4.49. The van der Waals surface area contributed by atoms with Crippen molar-refractivity contribution in [1.82, 2.24) is 0 Å². The fourth-order valence-corrected chi connectivity index (χ4v) is 2.94. The van der Waals surface area contributed by atoms with E-state index in [-0.39, 0.29) is 11.4 Å². The van der Waals surface area contributed by atoms with E-state index in [0.717, 1.165) is 5.56 Å². The molecule has 0 radical (unpaired) electrons.